The Hall–Kier alpha value is -2.97. The molecule has 2 heterocycles. The number of piperidine rings is 1. The molecule has 0 unspecified atom stereocenters. The third kappa shape index (κ3) is 4.86. The predicted molar refractivity (Wildman–Crippen MR) is 129 cm³/mol. The van der Waals surface area contributed by atoms with Gasteiger partial charge in [0.25, 0.3) is 5.91 Å². The summed E-state index contributed by atoms with van der Waals surface area (Å²) in [7, 11) is -3.68. The van der Waals surface area contributed by atoms with Crippen molar-refractivity contribution in [1.29, 1.82) is 0 Å². The number of nitrogens with zero attached hydrogens (tertiary/aromatic N) is 2. The van der Waals surface area contributed by atoms with Crippen LogP contribution in [0.4, 0.5) is 0 Å². The van der Waals surface area contributed by atoms with E-state index in [-0.39, 0.29) is 12.5 Å². The quantitative estimate of drug-likeness (QED) is 0.618. The van der Waals surface area contributed by atoms with E-state index in [1.54, 1.807) is 13.1 Å². The number of nitrogens with two attached hydrogens (primary N) is 1. The topological polar surface area (TPSA) is 103 Å². The Morgan fingerprint density at radius 3 is 2.61 bits per heavy atom. The molecular weight excluding hydrogens is 438 g/mol. The Bertz CT molecular complexity index is 1290. The van der Waals surface area contributed by atoms with Crippen molar-refractivity contribution in [2.45, 2.75) is 45.0 Å². The van der Waals surface area contributed by atoms with Crippen molar-refractivity contribution in [2.75, 3.05) is 13.1 Å². The maximum Gasteiger partial charge on any atom is 0.263 e. The minimum absolute atomic E-state index is 0.101. The van der Waals surface area contributed by atoms with E-state index in [1.807, 2.05) is 24.3 Å². The van der Waals surface area contributed by atoms with Gasteiger partial charge in [0.1, 0.15) is 5.75 Å². The van der Waals surface area contributed by atoms with Crippen molar-refractivity contribution in [3.8, 4) is 16.9 Å². The molecule has 4 rings (SSSR count). The molecule has 2 N–H and O–H groups in total. The lowest BCUT2D eigenvalue weighted by Gasteiger charge is -2.33. The van der Waals surface area contributed by atoms with E-state index < -0.39 is 21.4 Å². The molecule has 1 amide bonds. The Morgan fingerprint density at radius 1 is 1.18 bits per heavy atom. The first-order chi connectivity index (χ1) is 15.6. The standard InChI is InChI=1S/C25H29N3O4S/c1-16-6-4-7-17(2)24(16)22-11-12-27-23-14-19(9-10-21(22)23)32-18(3)25(29)28-13-5-8-20(15-28)33(26,30)31/h4,6-7,9-12,14,18,20H,5,8,13,15H2,1-3H3,(H2,26,30,31)/t18-,20+/m1/s1. The molecule has 1 fully saturated rings. The molecule has 1 aliphatic heterocycles. The summed E-state index contributed by atoms with van der Waals surface area (Å²) in [5, 5.41) is 5.58. The molecule has 7 nitrogen and oxygen atoms in total. The molecule has 1 saturated heterocycles. The zero-order valence-corrected chi connectivity index (χ0v) is 19.9. The lowest BCUT2D eigenvalue weighted by atomic mass is 9.93. The summed E-state index contributed by atoms with van der Waals surface area (Å²) in [6.07, 6.45) is 2.09. The highest BCUT2D eigenvalue weighted by atomic mass is 32.2. The van der Waals surface area contributed by atoms with Gasteiger partial charge < -0.3 is 9.64 Å². The van der Waals surface area contributed by atoms with Gasteiger partial charge in [-0.2, -0.15) is 0 Å². The number of fused-ring (bicyclic) bond motifs is 1. The molecule has 8 heteroatoms. The number of hydrogen-bond donors (Lipinski definition) is 1. The molecular formula is C25H29N3O4S. The molecule has 2 atom stereocenters. The number of carbonyl (C=O) groups is 1. The number of ether oxygens (including phenoxy) is 1. The van der Waals surface area contributed by atoms with Gasteiger partial charge in [-0.3, -0.25) is 9.78 Å². The van der Waals surface area contributed by atoms with Crippen molar-refractivity contribution in [3.63, 3.8) is 0 Å². The van der Waals surface area contributed by atoms with Crippen molar-refractivity contribution in [1.82, 2.24) is 9.88 Å². The van der Waals surface area contributed by atoms with Gasteiger partial charge in [0, 0.05) is 30.7 Å². The van der Waals surface area contributed by atoms with E-state index in [9.17, 15) is 13.2 Å². The number of aryl methyl sites for hydroxylation is 2. The zero-order chi connectivity index (χ0) is 23.8. The Balaban J connectivity index is 1.56. The monoisotopic (exact) mass is 467 g/mol. The third-order valence-corrected chi connectivity index (χ3v) is 7.59. The molecule has 0 radical (unpaired) electrons. The van der Waals surface area contributed by atoms with Gasteiger partial charge in [-0.15, -0.1) is 0 Å². The van der Waals surface area contributed by atoms with Crippen LogP contribution >= 0.6 is 0 Å². The number of pyridine rings is 1. The minimum Gasteiger partial charge on any atom is -0.481 e. The number of likely N-dealkylation sites (tertiary alicyclic amines) is 1. The van der Waals surface area contributed by atoms with E-state index in [4.69, 9.17) is 9.88 Å². The van der Waals surface area contributed by atoms with Crippen molar-refractivity contribution >= 4 is 26.8 Å². The van der Waals surface area contributed by atoms with Gasteiger partial charge in [0.15, 0.2) is 6.10 Å². The van der Waals surface area contributed by atoms with Gasteiger partial charge in [-0.1, -0.05) is 18.2 Å². The molecule has 0 aliphatic carbocycles. The van der Waals surface area contributed by atoms with Crippen molar-refractivity contribution in [2.24, 2.45) is 5.14 Å². The summed E-state index contributed by atoms with van der Waals surface area (Å²) < 4.78 is 29.4. The van der Waals surface area contributed by atoms with Gasteiger partial charge in [0.2, 0.25) is 10.0 Å². The first-order valence-electron chi connectivity index (χ1n) is 11.1. The summed E-state index contributed by atoms with van der Waals surface area (Å²) >= 11 is 0. The van der Waals surface area contributed by atoms with Crippen molar-refractivity contribution < 1.29 is 17.9 Å². The first-order valence-corrected chi connectivity index (χ1v) is 12.7. The molecule has 0 saturated carbocycles. The van der Waals surface area contributed by atoms with Crippen LogP contribution in [-0.4, -0.2) is 48.7 Å². The molecule has 1 aliphatic rings. The smallest absolute Gasteiger partial charge is 0.263 e. The Labute approximate surface area is 194 Å². The molecule has 0 bridgehead atoms. The van der Waals surface area contributed by atoms with Crippen LogP contribution in [0.2, 0.25) is 0 Å². The number of primary sulfonamides is 1. The summed E-state index contributed by atoms with van der Waals surface area (Å²) in [4.78, 5) is 18.9. The lowest BCUT2D eigenvalue weighted by Crippen LogP contribution is -2.50. The Kier molecular flexibility index (Phi) is 6.41. The van der Waals surface area contributed by atoms with Crippen molar-refractivity contribution in [3.05, 3.63) is 59.8 Å². The van der Waals surface area contributed by atoms with Crippen LogP contribution in [-0.2, 0) is 14.8 Å². The van der Waals surface area contributed by atoms with E-state index in [2.05, 4.69) is 37.0 Å². The second-order valence-electron chi connectivity index (χ2n) is 8.70. The van der Waals surface area contributed by atoms with Gasteiger partial charge >= 0.3 is 0 Å². The summed E-state index contributed by atoms with van der Waals surface area (Å²) in [6, 6.07) is 13.9. The summed E-state index contributed by atoms with van der Waals surface area (Å²) in [6.45, 7) is 6.47. The van der Waals surface area contributed by atoms with Gasteiger partial charge in [-0.05, 0) is 74.1 Å². The maximum atomic E-state index is 12.9. The molecule has 3 aromatic rings. The molecule has 0 spiro atoms. The molecule has 1 aromatic heterocycles. The summed E-state index contributed by atoms with van der Waals surface area (Å²) in [5.41, 5.74) is 5.47. The third-order valence-electron chi connectivity index (χ3n) is 6.28. The number of sulfonamides is 1. The van der Waals surface area contributed by atoms with E-state index in [0.29, 0.717) is 25.1 Å². The molecule has 2 aromatic carbocycles. The van der Waals surface area contributed by atoms with E-state index >= 15 is 0 Å². The average molecular weight is 468 g/mol. The average Bonchev–Trinajstić information content (AvgIpc) is 2.78. The SMILES string of the molecule is Cc1cccc(C)c1-c1ccnc2cc(O[C@H](C)C(=O)N3CCC[C@H](S(N)(=O)=O)C3)ccc12. The number of amides is 1. The maximum absolute atomic E-state index is 12.9. The zero-order valence-electron chi connectivity index (χ0n) is 19.1. The van der Waals surface area contributed by atoms with Crippen LogP contribution in [0.5, 0.6) is 5.75 Å². The molecule has 174 valence electrons. The van der Waals surface area contributed by atoms with Crippen LogP contribution < -0.4 is 9.88 Å². The van der Waals surface area contributed by atoms with Gasteiger partial charge in [-0.25, -0.2) is 13.6 Å². The number of aromatic nitrogens is 1. The number of rotatable bonds is 5. The van der Waals surface area contributed by atoms with Crippen LogP contribution in [0, 0.1) is 13.8 Å². The number of hydrogen-bond acceptors (Lipinski definition) is 5. The number of benzene rings is 2. The van der Waals surface area contributed by atoms with E-state index in [1.165, 1.54) is 21.6 Å². The van der Waals surface area contributed by atoms with Crippen LogP contribution in [0.25, 0.3) is 22.0 Å². The lowest BCUT2D eigenvalue weighted by molar-refractivity contribution is -0.138. The van der Waals surface area contributed by atoms with Gasteiger partial charge in [0.05, 0.1) is 10.8 Å². The Morgan fingerprint density at radius 2 is 1.91 bits per heavy atom. The van der Waals surface area contributed by atoms with Crippen LogP contribution in [0.3, 0.4) is 0 Å². The summed E-state index contributed by atoms with van der Waals surface area (Å²) in [5.74, 6) is 0.287. The molecule has 33 heavy (non-hydrogen) atoms. The highest BCUT2D eigenvalue weighted by molar-refractivity contribution is 7.89. The van der Waals surface area contributed by atoms with Crippen LogP contribution in [0.1, 0.15) is 30.9 Å². The fourth-order valence-electron chi connectivity index (χ4n) is 4.58. The predicted octanol–water partition coefficient (Wildman–Crippen LogP) is 3.57. The second kappa shape index (κ2) is 9.11. The number of carbonyl (C=O) groups excluding carboxylic acids is 1. The highest BCUT2D eigenvalue weighted by Crippen LogP contribution is 2.34. The van der Waals surface area contributed by atoms with Crippen LogP contribution in [0.15, 0.2) is 48.7 Å². The second-order valence-corrected chi connectivity index (χ2v) is 10.5. The largest absolute Gasteiger partial charge is 0.481 e. The van der Waals surface area contributed by atoms with E-state index in [0.717, 1.165) is 16.5 Å². The highest BCUT2D eigenvalue weighted by Gasteiger charge is 2.32. The fraction of sp³-hybridized carbons (Fsp3) is 0.360. The fourth-order valence-corrected chi connectivity index (χ4v) is 5.46. The normalized spacial score (nSPS) is 17.7. The first kappa shape index (κ1) is 23.2. The minimum atomic E-state index is -3.68.